The molecule has 4 aromatic carbocycles. The van der Waals surface area contributed by atoms with E-state index < -0.39 is 15.8 Å². The van der Waals surface area contributed by atoms with E-state index in [0.29, 0.717) is 6.54 Å². The maximum atomic E-state index is 7.01. The van der Waals surface area contributed by atoms with Crippen molar-refractivity contribution in [2.75, 3.05) is 6.54 Å². The van der Waals surface area contributed by atoms with Gasteiger partial charge in [0.1, 0.15) is 0 Å². The number of hydrogen-bond acceptors (Lipinski definition) is 2. The van der Waals surface area contributed by atoms with E-state index >= 15 is 0 Å². The van der Waals surface area contributed by atoms with Gasteiger partial charge in [-0.15, -0.1) is 0 Å². The first-order chi connectivity index (χ1) is 15.7. The molecule has 1 atom stereocenters. The van der Waals surface area contributed by atoms with Crippen molar-refractivity contribution in [2.24, 2.45) is 11.5 Å². The Hall–Kier alpha value is -1.72. The summed E-state index contributed by atoms with van der Waals surface area (Å²) in [5.74, 6) is 0. The Morgan fingerprint density at radius 2 is 0.818 bits per heavy atom. The van der Waals surface area contributed by atoms with E-state index in [1.54, 1.807) is 0 Å². The molecule has 5 heteroatoms. The zero-order chi connectivity index (χ0) is 22.4. The van der Waals surface area contributed by atoms with Gasteiger partial charge in [0.25, 0.3) is 0 Å². The fourth-order valence-electron chi connectivity index (χ4n) is 4.31. The molecule has 0 saturated heterocycles. The Balaban J connectivity index is 0.00000306. The van der Waals surface area contributed by atoms with E-state index in [0.717, 1.165) is 0 Å². The molecule has 0 bridgehead atoms. The first-order valence-electron chi connectivity index (χ1n) is 10.9. The molecule has 0 heterocycles. The third-order valence-corrected chi connectivity index (χ3v) is 12.9. The summed E-state index contributed by atoms with van der Waals surface area (Å²) in [5, 5.41) is 5.33. The second kappa shape index (κ2) is 12.1. The van der Waals surface area contributed by atoms with Gasteiger partial charge in [0.05, 0.1) is 0 Å². The molecule has 0 amide bonds. The summed E-state index contributed by atoms with van der Waals surface area (Å²) in [7, 11) is -1.61. The Morgan fingerprint density at radius 3 is 1.03 bits per heavy atom. The van der Waals surface area contributed by atoms with Crippen LogP contribution in [0.2, 0.25) is 0 Å². The molecule has 1 unspecified atom stereocenters. The topological polar surface area (TPSA) is 52.0 Å². The third kappa shape index (κ3) is 5.51. The van der Waals surface area contributed by atoms with Crippen LogP contribution < -0.4 is 32.7 Å². The number of rotatable bonds is 8. The van der Waals surface area contributed by atoms with Crippen LogP contribution in [0.3, 0.4) is 0 Å². The average Bonchev–Trinajstić information content (AvgIpc) is 2.86. The van der Waals surface area contributed by atoms with Crippen LogP contribution in [0.1, 0.15) is 6.92 Å². The summed E-state index contributed by atoms with van der Waals surface area (Å²) < 4.78 is 0. The molecule has 0 aliphatic rings. The predicted octanol–water partition coefficient (Wildman–Crippen LogP) is 4.25. The van der Waals surface area contributed by atoms with Crippen LogP contribution in [0.5, 0.6) is 0 Å². The maximum absolute atomic E-state index is 7.01. The van der Waals surface area contributed by atoms with E-state index in [4.69, 9.17) is 11.5 Å². The summed E-state index contributed by atoms with van der Waals surface area (Å²) in [6.07, 6.45) is 0. The standard InChI is InChI=1S/C28H30N2P2.Ru/c1-28(27(30)22-29,31(23-14-6-2-7-15-23)24-16-8-3-9-17-24)32(25-18-10-4-11-19-25)26-20-12-5-13-21-26;/h2-21,27H,22,29-30H2,1H3;. The Bertz CT molecular complexity index is 934. The summed E-state index contributed by atoms with van der Waals surface area (Å²) in [6, 6.07) is 43.3. The molecular formula is C28H30N2P2Ru. The van der Waals surface area contributed by atoms with Crippen molar-refractivity contribution in [1.29, 1.82) is 0 Å². The largest absolute Gasteiger partial charge is 0.329 e. The van der Waals surface area contributed by atoms with Gasteiger partial charge in [0.15, 0.2) is 0 Å². The van der Waals surface area contributed by atoms with E-state index in [9.17, 15) is 0 Å². The first-order valence-corrected chi connectivity index (χ1v) is 13.6. The average molecular weight is 558 g/mol. The van der Waals surface area contributed by atoms with Gasteiger partial charge in [-0.3, -0.25) is 0 Å². The molecule has 0 fully saturated rings. The summed E-state index contributed by atoms with van der Waals surface area (Å²) >= 11 is 0. The SMILES string of the molecule is CC(C(N)CN)(P(c1ccccc1)c1ccccc1)P(c1ccccc1)c1ccccc1.[Ru]. The third-order valence-electron chi connectivity index (χ3n) is 5.92. The molecule has 2 nitrogen and oxygen atoms in total. The molecule has 0 aliphatic carbocycles. The Labute approximate surface area is 213 Å². The van der Waals surface area contributed by atoms with Crippen LogP contribution in [-0.2, 0) is 19.5 Å². The van der Waals surface area contributed by atoms with Gasteiger partial charge in [-0.05, 0) is 44.0 Å². The molecule has 0 spiro atoms. The second-order valence-corrected chi connectivity index (χ2v) is 13.6. The molecule has 0 aliphatic heterocycles. The molecule has 33 heavy (non-hydrogen) atoms. The van der Waals surface area contributed by atoms with E-state index in [2.05, 4.69) is 128 Å². The smallest absolute Gasteiger partial charge is 0.0401 e. The molecule has 170 valence electrons. The van der Waals surface area contributed by atoms with Gasteiger partial charge in [0, 0.05) is 37.0 Å². The molecule has 0 saturated carbocycles. The van der Waals surface area contributed by atoms with Gasteiger partial charge in [0.2, 0.25) is 0 Å². The van der Waals surface area contributed by atoms with Crippen LogP contribution in [0.15, 0.2) is 121 Å². The van der Waals surface area contributed by atoms with Crippen molar-refractivity contribution in [3.8, 4) is 0 Å². The molecule has 4 aromatic rings. The monoisotopic (exact) mass is 558 g/mol. The number of nitrogens with two attached hydrogens (primary N) is 2. The van der Waals surface area contributed by atoms with E-state index in [-0.39, 0.29) is 30.4 Å². The van der Waals surface area contributed by atoms with Gasteiger partial charge in [-0.1, -0.05) is 121 Å². The van der Waals surface area contributed by atoms with Gasteiger partial charge < -0.3 is 11.5 Å². The molecule has 4 N–H and O–H groups in total. The van der Waals surface area contributed by atoms with Crippen LogP contribution in [0, 0.1) is 0 Å². The zero-order valence-corrected chi connectivity index (χ0v) is 22.3. The Kier molecular flexibility index (Phi) is 9.51. The van der Waals surface area contributed by atoms with Gasteiger partial charge in [-0.25, -0.2) is 0 Å². The first kappa shape index (κ1) is 25.9. The number of benzene rings is 4. The van der Waals surface area contributed by atoms with Crippen LogP contribution in [0.25, 0.3) is 0 Å². The van der Waals surface area contributed by atoms with Crippen LogP contribution in [-0.4, -0.2) is 17.5 Å². The normalized spacial score (nSPS) is 12.4. The fourth-order valence-corrected chi connectivity index (χ4v) is 11.9. The molecule has 0 aromatic heterocycles. The Morgan fingerprint density at radius 1 is 0.576 bits per heavy atom. The quantitative estimate of drug-likeness (QED) is 0.252. The molecule has 4 rings (SSSR count). The number of hydrogen-bond donors (Lipinski definition) is 2. The van der Waals surface area contributed by atoms with Crippen LogP contribution >= 0.6 is 15.8 Å². The minimum atomic E-state index is -0.804. The maximum Gasteiger partial charge on any atom is 0.0401 e. The van der Waals surface area contributed by atoms with Crippen molar-refractivity contribution >= 4 is 37.1 Å². The van der Waals surface area contributed by atoms with Gasteiger partial charge >= 0.3 is 0 Å². The van der Waals surface area contributed by atoms with Gasteiger partial charge in [-0.2, -0.15) is 0 Å². The zero-order valence-electron chi connectivity index (χ0n) is 18.7. The van der Waals surface area contributed by atoms with E-state index in [1.807, 2.05) is 0 Å². The van der Waals surface area contributed by atoms with Crippen molar-refractivity contribution < 1.29 is 19.5 Å². The van der Waals surface area contributed by atoms with Crippen molar-refractivity contribution in [2.45, 2.75) is 17.9 Å². The summed E-state index contributed by atoms with van der Waals surface area (Å²) in [4.78, 5) is -0.259. The van der Waals surface area contributed by atoms with Crippen molar-refractivity contribution in [3.63, 3.8) is 0 Å². The second-order valence-electron chi connectivity index (χ2n) is 7.95. The molecule has 0 radical (unpaired) electrons. The summed E-state index contributed by atoms with van der Waals surface area (Å²) in [5.41, 5.74) is 13.4. The fraction of sp³-hybridized carbons (Fsp3) is 0.143. The van der Waals surface area contributed by atoms with Crippen molar-refractivity contribution in [1.82, 2.24) is 0 Å². The molecular weight excluding hydrogens is 527 g/mol. The van der Waals surface area contributed by atoms with E-state index in [1.165, 1.54) is 21.2 Å². The van der Waals surface area contributed by atoms with Crippen LogP contribution in [0.4, 0.5) is 0 Å². The van der Waals surface area contributed by atoms with Crippen molar-refractivity contribution in [3.05, 3.63) is 121 Å². The predicted molar refractivity (Wildman–Crippen MR) is 144 cm³/mol. The minimum Gasteiger partial charge on any atom is -0.329 e. The summed E-state index contributed by atoms with van der Waals surface area (Å²) in [6.45, 7) is 2.81. The minimum absolute atomic E-state index is 0.